The Bertz CT molecular complexity index is 522. The number of nitrogens with one attached hydrogen (secondary N) is 2. The van der Waals surface area contributed by atoms with Crippen LogP contribution >= 0.6 is 0 Å². The molecule has 2 rings (SSSR count). The molecule has 120 valence electrons. The summed E-state index contributed by atoms with van der Waals surface area (Å²) in [4.78, 5) is 23.0. The van der Waals surface area contributed by atoms with Gasteiger partial charge in [0.05, 0.1) is 18.6 Å². The molecule has 0 saturated carbocycles. The van der Waals surface area contributed by atoms with Gasteiger partial charge in [-0.25, -0.2) is 0 Å². The Morgan fingerprint density at radius 3 is 2.64 bits per heavy atom. The maximum Gasteiger partial charge on any atom is 0.244 e. The molecule has 6 nitrogen and oxygen atoms in total. The lowest BCUT2D eigenvalue weighted by molar-refractivity contribution is -0.122. The fourth-order valence-corrected chi connectivity index (χ4v) is 2.42. The number of anilines is 1. The summed E-state index contributed by atoms with van der Waals surface area (Å²) in [6.45, 7) is 3.06. The molecule has 1 aromatic carbocycles. The Morgan fingerprint density at radius 2 is 2.05 bits per heavy atom. The first-order chi connectivity index (χ1) is 10.5. The molecule has 1 unspecified atom stereocenters. The largest absolute Gasteiger partial charge is 0.493 e. The van der Waals surface area contributed by atoms with E-state index in [9.17, 15) is 9.59 Å². The first kappa shape index (κ1) is 16.3. The Balaban J connectivity index is 1.87. The number of ether oxygens (including phenoxy) is 1. The van der Waals surface area contributed by atoms with Gasteiger partial charge in [0.25, 0.3) is 0 Å². The minimum Gasteiger partial charge on any atom is -0.493 e. The highest BCUT2D eigenvalue weighted by Gasteiger charge is 2.34. The van der Waals surface area contributed by atoms with Crippen LogP contribution in [-0.4, -0.2) is 30.5 Å². The highest BCUT2D eigenvalue weighted by Crippen LogP contribution is 2.22. The predicted molar refractivity (Wildman–Crippen MR) is 84.6 cm³/mol. The summed E-state index contributed by atoms with van der Waals surface area (Å²) in [5.74, 6) is 0.230. The number of hydrogen-bond acceptors (Lipinski definition) is 4. The van der Waals surface area contributed by atoms with Crippen LogP contribution in [0.3, 0.4) is 0 Å². The zero-order chi connectivity index (χ0) is 16.0. The molecule has 2 amide bonds. The zero-order valence-electron chi connectivity index (χ0n) is 12.9. The molecule has 6 heteroatoms. The second kappa shape index (κ2) is 7.26. The van der Waals surface area contributed by atoms with E-state index in [1.54, 1.807) is 24.3 Å². The van der Waals surface area contributed by atoms with Crippen LogP contribution in [0.5, 0.6) is 5.75 Å². The van der Waals surface area contributed by atoms with Crippen LogP contribution in [0.1, 0.15) is 32.6 Å². The third-order valence-electron chi connectivity index (χ3n) is 3.85. The number of amides is 2. The maximum atomic E-state index is 12.4. The number of nitrogens with two attached hydrogens (primary N) is 1. The number of hydrogen-bond donors (Lipinski definition) is 3. The van der Waals surface area contributed by atoms with Crippen molar-refractivity contribution in [2.45, 2.75) is 38.1 Å². The molecule has 22 heavy (non-hydrogen) atoms. The lowest BCUT2D eigenvalue weighted by atomic mass is 9.90. The van der Waals surface area contributed by atoms with E-state index in [4.69, 9.17) is 10.5 Å². The fraction of sp³-hybridized carbons (Fsp3) is 0.500. The van der Waals surface area contributed by atoms with Crippen LogP contribution in [0.15, 0.2) is 24.3 Å². The molecule has 1 heterocycles. The SMILES string of the molecule is CC1(C(=O)Nc2ccc(OCCC(N)=O)cc2)CCCCN1. The quantitative estimate of drug-likeness (QED) is 0.741. The number of piperidine rings is 1. The molecular weight excluding hydrogens is 282 g/mol. The van der Waals surface area contributed by atoms with Crippen molar-refractivity contribution in [3.05, 3.63) is 24.3 Å². The average Bonchev–Trinajstić information content (AvgIpc) is 2.49. The van der Waals surface area contributed by atoms with Gasteiger partial charge in [0, 0.05) is 5.69 Å². The summed E-state index contributed by atoms with van der Waals surface area (Å²) in [7, 11) is 0. The van der Waals surface area contributed by atoms with E-state index >= 15 is 0 Å². The highest BCUT2D eigenvalue weighted by atomic mass is 16.5. The van der Waals surface area contributed by atoms with Crippen LogP contribution < -0.4 is 21.1 Å². The standard InChI is InChI=1S/C16H23N3O3/c1-16(9-2-3-10-18-16)15(21)19-12-4-6-13(7-5-12)22-11-8-14(17)20/h4-7,18H,2-3,8-11H2,1H3,(H2,17,20)(H,19,21). The molecule has 1 saturated heterocycles. The van der Waals surface area contributed by atoms with Gasteiger partial charge in [-0.1, -0.05) is 0 Å². The fourth-order valence-electron chi connectivity index (χ4n) is 2.42. The van der Waals surface area contributed by atoms with Crippen LogP contribution in [0, 0.1) is 0 Å². The lowest BCUT2D eigenvalue weighted by Crippen LogP contribution is -2.54. The molecular formula is C16H23N3O3. The lowest BCUT2D eigenvalue weighted by Gasteiger charge is -2.33. The van der Waals surface area contributed by atoms with E-state index in [-0.39, 0.29) is 18.9 Å². The molecule has 1 aromatic rings. The monoisotopic (exact) mass is 305 g/mol. The van der Waals surface area contributed by atoms with Gasteiger partial charge in [-0.2, -0.15) is 0 Å². The van der Waals surface area contributed by atoms with Crippen molar-refractivity contribution in [3.8, 4) is 5.75 Å². The topological polar surface area (TPSA) is 93.4 Å². The number of benzene rings is 1. The van der Waals surface area contributed by atoms with Gasteiger partial charge in [0.2, 0.25) is 11.8 Å². The van der Waals surface area contributed by atoms with Crippen molar-refractivity contribution < 1.29 is 14.3 Å². The molecule has 1 aliphatic rings. The molecule has 0 bridgehead atoms. The number of carbonyl (C=O) groups is 2. The first-order valence-corrected chi connectivity index (χ1v) is 7.57. The van der Waals surface area contributed by atoms with Crippen molar-refractivity contribution in [3.63, 3.8) is 0 Å². The van der Waals surface area contributed by atoms with Crippen molar-refractivity contribution in [2.75, 3.05) is 18.5 Å². The van der Waals surface area contributed by atoms with Gasteiger partial charge < -0.3 is 21.1 Å². The smallest absolute Gasteiger partial charge is 0.244 e. The molecule has 0 spiro atoms. The summed E-state index contributed by atoms with van der Waals surface area (Å²) < 4.78 is 5.39. The van der Waals surface area contributed by atoms with E-state index < -0.39 is 11.4 Å². The van der Waals surface area contributed by atoms with E-state index in [1.165, 1.54) is 0 Å². The summed E-state index contributed by atoms with van der Waals surface area (Å²) in [6.07, 6.45) is 3.19. The van der Waals surface area contributed by atoms with Crippen molar-refractivity contribution >= 4 is 17.5 Å². The summed E-state index contributed by atoms with van der Waals surface area (Å²) >= 11 is 0. The predicted octanol–water partition coefficient (Wildman–Crippen LogP) is 1.41. The van der Waals surface area contributed by atoms with Crippen molar-refractivity contribution in [2.24, 2.45) is 5.73 Å². The zero-order valence-corrected chi connectivity index (χ0v) is 12.9. The summed E-state index contributed by atoms with van der Waals surface area (Å²) in [6, 6.07) is 7.08. The van der Waals surface area contributed by atoms with Gasteiger partial charge in [-0.3, -0.25) is 9.59 Å². The second-order valence-corrected chi connectivity index (χ2v) is 5.76. The van der Waals surface area contributed by atoms with E-state index in [0.717, 1.165) is 31.5 Å². The molecule has 0 aromatic heterocycles. The second-order valence-electron chi connectivity index (χ2n) is 5.76. The van der Waals surface area contributed by atoms with Crippen LogP contribution in [0.25, 0.3) is 0 Å². The molecule has 1 aliphatic heterocycles. The average molecular weight is 305 g/mol. The minimum absolute atomic E-state index is 0.0189. The van der Waals surface area contributed by atoms with Gasteiger partial charge in [-0.15, -0.1) is 0 Å². The van der Waals surface area contributed by atoms with E-state index in [2.05, 4.69) is 10.6 Å². The minimum atomic E-state index is -0.505. The molecule has 0 radical (unpaired) electrons. The highest BCUT2D eigenvalue weighted by molar-refractivity contribution is 5.97. The number of rotatable bonds is 6. The Labute approximate surface area is 130 Å². The molecule has 1 atom stereocenters. The molecule has 4 N–H and O–H groups in total. The van der Waals surface area contributed by atoms with E-state index in [0.29, 0.717) is 5.75 Å². The maximum absolute atomic E-state index is 12.4. The van der Waals surface area contributed by atoms with E-state index in [1.807, 2.05) is 6.92 Å². The Kier molecular flexibility index (Phi) is 5.38. The van der Waals surface area contributed by atoms with Crippen LogP contribution in [-0.2, 0) is 9.59 Å². The number of primary amides is 1. The van der Waals surface area contributed by atoms with Gasteiger partial charge >= 0.3 is 0 Å². The van der Waals surface area contributed by atoms with Gasteiger partial charge in [0.1, 0.15) is 5.75 Å². The van der Waals surface area contributed by atoms with Gasteiger partial charge in [0.15, 0.2) is 0 Å². The molecule has 0 aliphatic carbocycles. The number of carbonyl (C=O) groups excluding carboxylic acids is 2. The Morgan fingerprint density at radius 1 is 1.32 bits per heavy atom. The summed E-state index contributed by atoms with van der Waals surface area (Å²) in [5.41, 5.74) is 5.26. The van der Waals surface area contributed by atoms with Gasteiger partial charge in [-0.05, 0) is 57.0 Å². The van der Waals surface area contributed by atoms with Crippen LogP contribution in [0.4, 0.5) is 5.69 Å². The normalized spacial score (nSPS) is 21.1. The van der Waals surface area contributed by atoms with Crippen LogP contribution in [0.2, 0.25) is 0 Å². The third-order valence-corrected chi connectivity index (χ3v) is 3.85. The summed E-state index contributed by atoms with van der Waals surface area (Å²) in [5, 5.41) is 6.21. The first-order valence-electron chi connectivity index (χ1n) is 7.57. The van der Waals surface area contributed by atoms with Crippen molar-refractivity contribution in [1.29, 1.82) is 0 Å². The van der Waals surface area contributed by atoms with Crippen molar-refractivity contribution in [1.82, 2.24) is 5.32 Å². The Hall–Kier alpha value is -2.08. The molecule has 1 fully saturated rings. The third kappa shape index (κ3) is 4.46.